The van der Waals surface area contributed by atoms with Crippen molar-refractivity contribution in [2.75, 3.05) is 19.1 Å². The van der Waals surface area contributed by atoms with Crippen molar-refractivity contribution in [3.8, 4) is 0 Å². The molecule has 0 spiro atoms. The molecule has 0 saturated heterocycles. The predicted molar refractivity (Wildman–Crippen MR) is 40.4 cm³/mol. The van der Waals surface area contributed by atoms with Gasteiger partial charge in [0.1, 0.15) is 0 Å². The summed E-state index contributed by atoms with van der Waals surface area (Å²) < 4.78 is 4.55. The van der Waals surface area contributed by atoms with Crippen LogP contribution in [-0.2, 0) is 4.74 Å². The second-order valence-electron chi connectivity index (χ2n) is 1.06. The first kappa shape index (κ1) is 11.0. The molecule has 0 aliphatic carbocycles. The molecule has 2 nitrogen and oxygen atoms in total. The molecule has 0 rings (SSSR count). The van der Waals surface area contributed by atoms with Crippen molar-refractivity contribution in [3.63, 3.8) is 0 Å². The Morgan fingerprint density at radius 2 is 2.25 bits per heavy atom. The lowest BCUT2D eigenvalue weighted by molar-refractivity contribution is 0.397. The molecule has 4 heteroatoms. The second kappa shape index (κ2) is 7.11. The standard InChI is InChI=1S/C4H9NOS.ClH/c1-6-4(5)3-7-2;/h5H,3H2,1-2H3;1H. The van der Waals surface area contributed by atoms with Crippen molar-refractivity contribution >= 4 is 30.1 Å². The molecule has 0 aromatic carbocycles. The fourth-order valence-corrected chi connectivity index (χ4v) is 0.570. The fourth-order valence-electron chi connectivity index (χ4n) is 0.190. The van der Waals surface area contributed by atoms with Crippen LogP contribution < -0.4 is 0 Å². The van der Waals surface area contributed by atoms with Gasteiger partial charge < -0.3 is 4.74 Å². The van der Waals surface area contributed by atoms with E-state index in [0.29, 0.717) is 11.7 Å². The van der Waals surface area contributed by atoms with E-state index in [1.54, 1.807) is 11.8 Å². The highest BCUT2D eigenvalue weighted by Crippen LogP contribution is 1.90. The zero-order valence-electron chi connectivity index (χ0n) is 4.93. The van der Waals surface area contributed by atoms with Gasteiger partial charge in [0.2, 0.25) is 0 Å². The molecule has 0 bridgehead atoms. The minimum absolute atomic E-state index is 0. The molecular formula is C4H10ClNOS. The minimum atomic E-state index is 0. The molecular weight excluding hydrogens is 146 g/mol. The van der Waals surface area contributed by atoms with Gasteiger partial charge in [0.15, 0.2) is 5.90 Å². The second-order valence-corrected chi connectivity index (χ2v) is 1.93. The quantitative estimate of drug-likeness (QED) is 0.483. The van der Waals surface area contributed by atoms with Crippen molar-refractivity contribution in [2.24, 2.45) is 0 Å². The lowest BCUT2D eigenvalue weighted by Crippen LogP contribution is -2.00. The van der Waals surface area contributed by atoms with E-state index in [0.717, 1.165) is 0 Å². The van der Waals surface area contributed by atoms with E-state index in [1.807, 2.05) is 6.26 Å². The van der Waals surface area contributed by atoms with Crippen LogP contribution in [0.3, 0.4) is 0 Å². The van der Waals surface area contributed by atoms with Crippen LogP contribution in [0.1, 0.15) is 0 Å². The molecule has 0 fully saturated rings. The summed E-state index contributed by atoms with van der Waals surface area (Å²) in [7, 11) is 1.51. The highest BCUT2D eigenvalue weighted by molar-refractivity contribution is 7.99. The predicted octanol–water partition coefficient (Wildman–Crippen LogP) is 1.39. The highest BCUT2D eigenvalue weighted by atomic mass is 35.5. The lowest BCUT2D eigenvalue weighted by atomic mass is 10.8. The van der Waals surface area contributed by atoms with Crippen molar-refractivity contribution in [2.45, 2.75) is 0 Å². The molecule has 0 aromatic rings. The first-order valence-electron chi connectivity index (χ1n) is 1.91. The topological polar surface area (TPSA) is 33.1 Å². The van der Waals surface area contributed by atoms with Gasteiger partial charge in [0.25, 0.3) is 0 Å². The molecule has 50 valence electrons. The summed E-state index contributed by atoms with van der Waals surface area (Å²) in [4.78, 5) is 0. The molecule has 0 saturated carbocycles. The summed E-state index contributed by atoms with van der Waals surface area (Å²) in [6, 6.07) is 0. The van der Waals surface area contributed by atoms with Crippen LogP contribution in [-0.4, -0.2) is 25.0 Å². The number of thioether (sulfide) groups is 1. The van der Waals surface area contributed by atoms with Crippen LogP contribution >= 0.6 is 24.2 Å². The average Bonchev–Trinajstić information content (AvgIpc) is 1.68. The van der Waals surface area contributed by atoms with Gasteiger partial charge in [-0.3, -0.25) is 5.41 Å². The Morgan fingerprint density at radius 3 is 2.38 bits per heavy atom. The Balaban J connectivity index is 0. The molecule has 0 radical (unpaired) electrons. The van der Waals surface area contributed by atoms with Crippen molar-refractivity contribution in [1.29, 1.82) is 5.41 Å². The third-order valence-corrected chi connectivity index (χ3v) is 1.07. The van der Waals surface area contributed by atoms with Gasteiger partial charge in [-0.05, 0) is 6.26 Å². The number of methoxy groups -OCH3 is 1. The SMILES string of the molecule is COC(=N)CSC.Cl. The molecule has 0 amide bonds. The number of hydrogen-bond donors (Lipinski definition) is 1. The van der Waals surface area contributed by atoms with Crippen LogP contribution in [0.25, 0.3) is 0 Å². The Labute approximate surface area is 59.9 Å². The Morgan fingerprint density at radius 1 is 1.75 bits per heavy atom. The molecule has 0 aromatic heterocycles. The number of hydrogen-bond acceptors (Lipinski definition) is 3. The van der Waals surface area contributed by atoms with Gasteiger partial charge in [-0.25, -0.2) is 0 Å². The molecule has 0 aliphatic heterocycles. The number of ether oxygens (including phenoxy) is 1. The number of halogens is 1. The third kappa shape index (κ3) is 6.11. The first-order valence-corrected chi connectivity index (χ1v) is 3.31. The molecule has 0 heterocycles. The molecule has 0 aliphatic rings. The summed E-state index contributed by atoms with van der Waals surface area (Å²) in [5.41, 5.74) is 0. The van der Waals surface area contributed by atoms with Crippen LogP contribution in [0.2, 0.25) is 0 Å². The summed E-state index contributed by atoms with van der Waals surface area (Å²) in [6.07, 6.45) is 1.94. The monoisotopic (exact) mass is 155 g/mol. The fraction of sp³-hybridized carbons (Fsp3) is 0.750. The van der Waals surface area contributed by atoms with E-state index < -0.39 is 0 Å². The van der Waals surface area contributed by atoms with E-state index in [4.69, 9.17) is 5.41 Å². The van der Waals surface area contributed by atoms with Crippen molar-refractivity contribution in [3.05, 3.63) is 0 Å². The van der Waals surface area contributed by atoms with Crippen LogP contribution in [0.5, 0.6) is 0 Å². The lowest BCUT2D eigenvalue weighted by Gasteiger charge is -1.95. The van der Waals surface area contributed by atoms with Gasteiger partial charge in [-0.15, -0.1) is 12.4 Å². The summed E-state index contributed by atoms with van der Waals surface area (Å²) >= 11 is 1.58. The van der Waals surface area contributed by atoms with E-state index in [9.17, 15) is 0 Å². The minimum Gasteiger partial charge on any atom is -0.484 e. The molecule has 0 atom stereocenters. The van der Waals surface area contributed by atoms with Gasteiger partial charge in [-0.2, -0.15) is 11.8 Å². The van der Waals surface area contributed by atoms with Gasteiger partial charge in [0, 0.05) is 0 Å². The zero-order chi connectivity index (χ0) is 5.70. The molecule has 1 N–H and O–H groups in total. The van der Waals surface area contributed by atoms with E-state index >= 15 is 0 Å². The highest BCUT2D eigenvalue weighted by Gasteiger charge is 1.87. The Hall–Kier alpha value is 0.110. The smallest absolute Gasteiger partial charge is 0.190 e. The normalized spacial score (nSPS) is 7.25. The van der Waals surface area contributed by atoms with Gasteiger partial charge in [0.05, 0.1) is 12.9 Å². The van der Waals surface area contributed by atoms with E-state index in [-0.39, 0.29) is 12.4 Å². The molecule has 0 unspecified atom stereocenters. The number of rotatable bonds is 2. The zero-order valence-corrected chi connectivity index (χ0v) is 6.56. The van der Waals surface area contributed by atoms with E-state index in [2.05, 4.69) is 4.74 Å². The summed E-state index contributed by atoms with van der Waals surface area (Å²) in [5, 5.41) is 6.89. The van der Waals surface area contributed by atoms with Crippen LogP contribution in [0.4, 0.5) is 0 Å². The van der Waals surface area contributed by atoms with Crippen molar-refractivity contribution < 1.29 is 4.74 Å². The number of nitrogens with one attached hydrogen (secondary N) is 1. The largest absolute Gasteiger partial charge is 0.484 e. The summed E-state index contributed by atoms with van der Waals surface area (Å²) in [6.45, 7) is 0. The summed E-state index contributed by atoms with van der Waals surface area (Å²) in [5.74, 6) is 1.02. The first-order chi connectivity index (χ1) is 3.31. The van der Waals surface area contributed by atoms with Crippen molar-refractivity contribution in [1.82, 2.24) is 0 Å². The van der Waals surface area contributed by atoms with Gasteiger partial charge in [-0.1, -0.05) is 0 Å². The maximum absolute atomic E-state index is 6.89. The maximum atomic E-state index is 6.89. The molecule has 8 heavy (non-hydrogen) atoms. The maximum Gasteiger partial charge on any atom is 0.190 e. The van der Waals surface area contributed by atoms with E-state index in [1.165, 1.54) is 7.11 Å². The Bertz CT molecular complexity index is 69.1. The average molecular weight is 156 g/mol. The van der Waals surface area contributed by atoms with Gasteiger partial charge >= 0.3 is 0 Å². The van der Waals surface area contributed by atoms with Crippen LogP contribution in [0.15, 0.2) is 0 Å². The van der Waals surface area contributed by atoms with Crippen LogP contribution in [0, 0.1) is 5.41 Å². The Kier molecular flexibility index (Phi) is 9.76. The third-order valence-electron chi connectivity index (χ3n) is 0.522.